The van der Waals surface area contributed by atoms with Gasteiger partial charge >= 0.3 is 0 Å². The Morgan fingerprint density at radius 1 is 0.912 bits per heavy atom. The van der Waals surface area contributed by atoms with Crippen molar-refractivity contribution < 1.29 is 14.3 Å². The summed E-state index contributed by atoms with van der Waals surface area (Å²) < 4.78 is 7.66. The monoisotopic (exact) mass is 603 g/mol. The summed E-state index contributed by atoms with van der Waals surface area (Å²) in [6.07, 6.45) is 4.51. The van der Waals surface area contributed by atoms with Crippen molar-refractivity contribution in [3.63, 3.8) is 0 Å². The van der Waals surface area contributed by atoms with Crippen LogP contribution in [0.25, 0.3) is 0 Å². The first-order valence-electron chi connectivity index (χ1n) is 11.5. The van der Waals surface area contributed by atoms with E-state index in [0.717, 1.165) is 68.3 Å². The lowest BCUT2D eigenvalue weighted by atomic mass is 9.71. The second-order valence-corrected chi connectivity index (χ2v) is 11.1. The molecule has 0 saturated heterocycles. The van der Waals surface area contributed by atoms with E-state index in [2.05, 4.69) is 36.8 Å². The van der Waals surface area contributed by atoms with E-state index < -0.39 is 0 Å². The predicted octanol–water partition coefficient (Wildman–Crippen LogP) is 7.49. The van der Waals surface area contributed by atoms with Crippen LogP contribution in [-0.2, 0) is 16.2 Å². The lowest BCUT2D eigenvalue weighted by Gasteiger charge is -2.42. The van der Waals surface area contributed by atoms with Gasteiger partial charge in [0.2, 0.25) is 0 Å². The van der Waals surface area contributed by atoms with Crippen LogP contribution in [0, 0.1) is 0 Å². The molecule has 1 heterocycles. The van der Waals surface area contributed by atoms with Gasteiger partial charge in [-0.25, -0.2) is 0 Å². The Labute approximate surface area is 221 Å². The van der Waals surface area contributed by atoms with Crippen molar-refractivity contribution >= 4 is 55.0 Å². The topological polar surface area (TPSA) is 46.6 Å². The Bertz CT molecular complexity index is 1180. The van der Waals surface area contributed by atoms with E-state index in [1.54, 1.807) is 0 Å². The number of carbonyl (C=O) groups excluding carboxylic acids is 2. The van der Waals surface area contributed by atoms with Gasteiger partial charge in [0.1, 0.15) is 12.4 Å². The van der Waals surface area contributed by atoms with E-state index >= 15 is 0 Å². The third-order valence-electron chi connectivity index (χ3n) is 6.89. The number of Topliss-reactive ketones (excluding diaryl/α,β-unsaturated/α-hetero) is 2. The van der Waals surface area contributed by atoms with Crippen LogP contribution in [0.2, 0.25) is 5.02 Å². The van der Waals surface area contributed by atoms with Gasteiger partial charge < -0.3 is 9.64 Å². The number of ketones is 2. The van der Waals surface area contributed by atoms with E-state index in [0.29, 0.717) is 30.2 Å². The molecule has 4 nitrogen and oxygen atoms in total. The van der Waals surface area contributed by atoms with Gasteiger partial charge in [-0.1, -0.05) is 23.7 Å². The fraction of sp³-hybridized carbons (Fsp3) is 0.333. The molecule has 0 saturated carbocycles. The molecule has 2 aromatic rings. The molecule has 176 valence electrons. The van der Waals surface area contributed by atoms with Gasteiger partial charge in [0.05, 0.1) is 8.95 Å². The van der Waals surface area contributed by atoms with Gasteiger partial charge in [-0.2, -0.15) is 0 Å². The summed E-state index contributed by atoms with van der Waals surface area (Å²) in [5.41, 5.74) is 5.66. The van der Waals surface area contributed by atoms with Crippen LogP contribution in [-0.4, -0.2) is 23.5 Å². The number of hydrogen-bond acceptors (Lipinski definition) is 4. The highest BCUT2D eigenvalue weighted by atomic mass is 79.9. The number of allylic oxidation sites excluding steroid dienone is 4. The maximum atomic E-state index is 13.2. The molecule has 34 heavy (non-hydrogen) atoms. The summed E-state index contributed by atoms with van der Waals surface area (Å²) in [7, 11) is 2.01. The smallest absolute Gasteiger partial charge is 0.161 e. The zero-order chi connectivity index (χ0) is 24.0. The molecule has 5 rings (SSSR count). The van der Waals surface area contributed by atoms with Crippen LogP contribution < -0.4 is 4.74 Å². The molecular formula is C27H24Br2ClNO3. The van der Waals surface area contributed by atoms with Crippen molar-refractivity contribution in [3.05, 3.63) is 84.0 Å². The number of rotatable bonds is 4. The molecule has 0 aromatic heterocycles. The number of nitrogens with zero attached hydrogens (tertiary/aromatic N) is 1. The SMILES string of the molecule is CN1C2=C(C(=O)CCC2)C(c2cc(Br)c(OCc3ccc(Cl)cc3)c(Br)c2)C2=C1CCCC2=O. The summed E-state index contributed by atoms with van der Waals surface area (Å²) in [6.45, 7) is 0.392. The zero-order valence-electron chi connectivity index (χ0n) is 18.8. The fourth-order valence-corrected chi connectivity index (χ4v) is 6.88. The van der Waals surface area contributed by atoms with Crippen LogP contribution in [0.1, 0.15) is 55.6 Å². The molecule has 0 unspecified atom stereocenters. The maximum Gasteiger partial charge on any atom is 0.161 e. The average Bonchev–Trinajstić information content (AvgIpc) is 2.81. The maximum absolute atomic E-state index is 13.2. The van der Waals surface area contributed by atoms with Crippen molar-refractivity contribution in [2.45, 2.75) is 51.0 Å². The fourth-order valence-electron chi connectivity index (χ4n) is 5.31. The third kappa shape index (κ3) is 4.29. The van der Waals surface area contributed by atoms with Crippen LogP contribution >= 0.6 is 43.5 Å². The van der Waals surface area contributed by atoms with Gasteiger partial charge in [-0.05, 0) is 92.9 Å². The number of hydrogen-bond donors (Lipinski definition) is 0. The van der Waals surface area contributed by atoms with Gasteiger partial charge in [0.15, 0.2) is 11.6 Å². The Morgan fingerprint density at radius 2 is 1.44 bits per heavy atom. The number of benzene rings is 2. The largest absolute Gasteiger partial charge is 0.487 e. The van der Waals surface area contributed by atoms with Crippen LogP contribution in [0.15, 0.2) is 67.9 Å². The Kier molecular flexibility index (Phi) is 6.75. The van der Waals surface area contributed by atoms with Crippen molar-refractivity contribution in [1.82, 2.24) is 4.90 Å². The molecule has 0 N–H and O–H groups in total. The first-order valence-corrected chi connectivity index (χ1v) is 13.4. The van der Waals surface area contributed by atoms with Crippen molar-refractivity contribution in [3.8, 4) is 5.75 Å². The first kappa shape index (κ1) is 23.8. The quantitative estimate of drug-likeness (QED) is 0.363. The minimum atomic E-state index is -0.334. The Morgan fingerprint density at radius 3 is 1.97 bits per heavy atom. The van der Waals surface area contributed by atoms with Crippen molar-refractivity contribution in [1.29, 1.82) is 0 Å². The Hall–Kier alpha value is -1.89. The van der Waals surface area contributed by atoms with Gasteiger partial charge in [-0.3, -0.25) is 9.59 Å². The standard InChI is InChI=1S/C27H24Br2ClNO3/c1-31-20-4-2-6-22(32)25(20)24(26-21(31)5-3-7-23(26)33)16-12-18(28)27(19(29)13-16)34-14-15-8-10-17(30)11-9-15/h8-13,24H,2-7,14H2,1H3. The van der Waals surface area contributed by atoms with E-state index in [-0.39, 0.29) is 17.5 Å². The molecule has 3 aliphatic rings. The molecule has 7 heteroatoms. The first-order chi connectivity index (χ1) is 16.3. The molecule has 2 aromatic carbocycles. The normalized spacial score (nSPS) is 18.9. The minimum Gasteiger partial charge on any atom is -0.487 e. The van der Waals surface area contributed by atoms with E-state index in [4.69, 9.17) is 16.3 Å². The average molecular weight is 606 g/mol. The number of carbonyl (C=O) groups is 2. The molecule has 1 aliphatic heterocycles. The highest BCUT2D eigenvalue weighted by Crippen LogP contribution is 2.50. The molecule has 0 fully saturated rings. The van der Waals surface area contributed by atoms with Crippen molar-refractivity contribution in [2.24, 2.45) is 0 Å². The third-order valence-corrected chi connectivity index (χ3v) is 8.32. The highest BCUT2D eigenvalue weighted by Gasteiger charge is 2.42. The van der Waals surface area contributed by atoms with Crippen molar-refractivity contribution in [2.75, 3.05) is 7.05 Å². The molecule has 2 aliphatic carbocycles. The minimum absolute atomic E-state index is 0.151. The summed E-state index contributed by atoms with van der Waals surface area (Å²) in [6, 6.07) is 11.5. The molecular weight excluding hydrogens is 582 g/mol. The van der Waals surface area contributed by atoms with Gasteiger partial charge in [0, 0.05) is 53.4 Å². The summed E-state index contributed by atoms with van der Waals surface area (Å²) in [5, 5.41) is 0.686. The molecule has 0 spiro atoms. The number of ether oxygens (including phenoxy) is 1. The van der Waals surface area contributed by atoms with Gasteiger partial charge in [0.25, 0.3) is 0 Å². The van der Waals surface area contributed by atoms with Crippen LogP contribution in [0.5, 0.6) is 5.75 Å². The van der Waals surface area contributed by atoms with Crippen LogP contribution in [0.4, 0.5) is 0 Å². The second kappa shape index (κ2) is 9.63. The van der Waals surface area contributed by atoms with Crippen LogP contribution in [0.3, 0.4) is 0 Å². The van der Waals surface area contributed by atoms with E-state index in [1.807, 2.05) is 43.4 Å². The van der Waals surface area contributed by atoms with E-state index in [1.165, 1.54) is 0 Å². The van der Waals surface area contributed by atoms with E-state index in [9.17, 15) is 9.59 Å². The molecule has 0 amide bonds. The summed E-state index contributed by atoms with van der Waals surface area (Å²) >= 11 is 13.3. The zero-order valence-corrected chi connectivity index (χ0v) is 22.7. The van der Waals surface area contributed by atoms with Gasteiger partial charge in [-0.15, -0.1) is 0 Å². The predicted molar refractivity (Wildman–Crippen MR) is 140 cm³/mol. The highest BCUT2D eigenvalue weighted by molar-refractivity contribution is 9.11. The lowest BCUT2D eigenvalue weighted by molar-refractivity contribution is -0.117. The lowest BCUT2D eigenvalue weighted by Crippen LogP contribution is -2.37. The Balaban J connectivity index is 1.55. The number of halogens is 3. The summed E-state index contributed by atoms with van der Waals surface area (Å²) in [4.78, 5) is 28.5. The summed E-state index contributed by atoms with van der Waals surface area (Å²) in [5.74, 6) is 0.649. The molecule has 0 bridgehead atoms. The molecule has 0 atom stereocenters. The second-order valence-electron chi connectivity index (χ2n) is 9.00. The molecule has 0 radical (unpaired) electrons.